The Balaban J connectivity index is 1.62. The second kappa shape index (κ2) is 6.17. The van der Waals surface area contributed by atoms with E-state index in [4.69, 9.17) is 0 Å². The van der Waals surface area contributed by atoms with Crippen LogP contribution in [0, 0.1) is 6.92 Å². The first kappa shape index (κ1) is 12.6. The molecule has 0 unspecified atom stereocenters. The van der Waals surface area contributed by atoms with Gasteiger partial charge in [-0.1, -0.05) is 12.8 Å². The van der Waals surface area contributed by atoms with Crippen LogP contribution >= 0.6 is 11.3 Å². The van der Waals surface area contributed by atoms with E-state index >= 15 is 0 Å². The van der Waals surface area contributed by atoms with Gasteiger partial charge in [0.1, 0.15) is 0 Å². The summed E-state index contributed by atoms with van der Waals surface area (Å²) in [4.78, 5) is 14.2. The molecule has 0 spiro atoms. The zero-order chi connectivity index (χ0) is 12.1. The number of aryl methyl sites for hydroxylation is 1. The molecular weight excluding hydrogens is 232 g/mol. The van der Waals surface area contributed by atoms with Gasteiger partial charge in [0.2, 0.25) is 5.91 Å². The number of carbonyl (C=O) groups is 1. The summed E-state index contributed by atoms with van der Waals surface area (Å²) < 4.78 is 0. The topological polar surface area (TPSA) is 41.1 Å². The maximum Gasteiger partial charge on any atom is 0.234 e. The Bertz CT molecular complexity index is 369. The van der Waals surface area contributed by atoms with E-state index < -0.39 is 0 Å². The van der Waals surface area contributed by atoms with E-state index in [1.807, 2.05) is 0 Å². The van der Waals surface area contributed by atoms with Crippen LogP contribution < -0.4 is 10.6 Å². The standard InChI is InChI=1S/C13H20N2OS/c1-10-6-7-12(17-10)8-14-9-13(16)15-11-4-2-3-5-11/h6-7,11,14H,2-5,8-9H2,1H3,(H,15,16). The Morgan fingerprint density at radius 1 is 1.41 bits per heavy atom. The fraction of sp³-hybridized carbons (Fsp3) is 0.615. The minimum atomic E-state index is 0.130. The van der Waals surface area contributed by atoms with E-state index in [-0.39, 0.29) is 5.91 Å². The van der Waals surface area contributed by atoms with E-state index in [1.165, 1.54) is 22.6 Å². The molecule has 1 heterocycles. The molecule has 0 atom stereocenters. The van der Waals surface area contributed by atoms with Gasteiger partial charge in [-0.2, -0.15) is 0 Å². The van der Waals surface area contributed by atoms with Crippen LogP contribution in [0.15, 0.2) is 12.1 Å². The first-order chi connectivity index (χ1) is 8.24. The van der Waals surface area contributed by atoms with Gasteiger partial charge in [0, 0.05) is 22.3 Å². The highest BCUT2D eigenvalue weighted by Gasteiger charge is 2.16. The average Bonchev–Trinajstić information content (AvgIpc) is 2.90. The maximum atomic E-state index is 11.6. The second-order valence-electron chi connectivity index (χ2n) is 4.66. The molecule has 0 bridgehead atoms. The molecule has 0 aromatic carbocycles. The number of hydrogen-bond acceptors (Lipinski definition) is 3. The summed E-state index contributed by atoms with van der Waals surface area (Å²) >= 11 is 1.78. The van der Waals surface area contributed by atoms with Crippen LogP contribution in [0.3, 0.4) is 0 Å². The fourth-order valence-corrected chi connectivity index (χ4v) is 3.09. The number of hydrogen-bond donors (Lipinski definition) is 2. The highest BCUT2D eigenvalue weighted by molar-refractivity contribution is 7.11. The van der Waals surface area contributed by atoms with Gasteiger partial charge in [-0.05, 0) is 31.9 Å². The molecule has 2 rings (SSSR count). The minimum absolute atomic E-state index is 0.130. The summed E-state index contributed by atoms with van der Waals surface area (Å²) in [5.41, 5.74) is 0. The van der Waals surface area contributed by atoms with Crippen LogP contribution in [-0.4, -0.2) is 18.5 Å². The van der Waals surface area contributed by atoms with Crippen LogP contribution in [0.25, 0.3) is 0 Å². The molecular formula is C13H20N2OS. The van der Waals surface area contributed by atoms with E-state index in [0.717, 1.165) is 19.4 Å². The van der Waals surface area contributed by atoms with Gasteiger partial charge < -0.3 is 10.6 Å². The Kier molecular flexibility index (Phi) is 4.57. The first-order valence-corrected chi connectivity index (χ1v) is 7.11. The van der Waals surface area contributed by atoms with Crippen molar-refractivity contribution in [2.45, 2.75) is 45.2 Å². The molecule has 1 aromatic heterocycles. The third kappa shape index (κ3) is 4.13. The summed E-state index contributed by atoms with van der Waals surface area (Å²) in [5.74, 6) is 0.130. The summed E-state index contributed by atoms with van der Waals surface area (Å²) in [6.07, 6.45) is 4.81. The van der Waals surface area contributed by atoms with Crippen molar-refractivity contribution >= 4 is 17.2 Å². The lowest BCUT2D eigenvalue weighted by Gasteiger charge is -2.11. The number of nitrogens with one attached hydrogen (secondary N) is 2. The van der Waals surface area contributed by atoms with Crippen molar-refractivity contribution in [2.75, 3.05) is 6.54 Å². The Labute approximate surface area is 107 Å². The van der Waals surface area contributed by atoms with Gasteiger partial charge in [0.05, 0.1) is 6.54 Å². The molecule has 1 saturated carbocycles. The largest absolute Gasteiger partial charge is 0.352 e. The highest BCUT2D eigenvalue weighted by Crippen LogP contribution is 2.17. The number of rotatable bonds is 5. The molecule has 2 N–H and O–H groups in total. The normalized spacial score (nSPS) is 16.3. The van der Waals surface area contributed by atoms with Crippen molar-refractivity contribution in [1.82, 2.24) is 10.6 Å². The van der Waals surface area contributed by atoms with Gasteiger partial charge >= 0.3 is 0 Å². The average molecular weight is 252 g/mol. The van der Waals surface area contributed by atoms with Crippen molar-refractivity contribution in [3.63, 3.8) is 0 Å². The van der Waals surface area contributed by atoms with Crippen molar-refractivity contribution < 1.29 is 4.79 Å². The van der Waals surface area contributed by atoms with Crippen molar-refractivity contribution in [3.05, 3.63) is 21.9 Å². The van der Waals surface area contributed by atoms with E-state index in [1.54, 1.807) is 11.3 Å². The molecule has 1 fully saturated rings. The van der Waals surface area contributed by atoms with Crippen molar-refractivity contribution in [1.29, 1.82) is 0 Å². The molecule has 1 aromatic rings. The summed E-state index contributed by atoms with van der Waals surface area (Å²) in [6.45, 7) is 3.31. The Hall–Kier alpha value is -0.870. The maximum absolute atomic E-state index is 11.6. The van der Waals surface area contributed by atoms with Crippen LogP contribution in [-0.2, 0) is 11.3 Å². The lowest BCUT2D eigenvalue weighted by Crippen LogP contribution is -2.38. The Morgan fingerprint density at radius 2 is 2.18 bits per heavy atom. The third-order valence-corrected chi connectivity index (χ3v) is 4.10. The highest BCUT2D eigenvalue weighted by atomic mass is 32.1. The van der Waals surface area contributed by atoms with Crippen LogP contribution in [0.1, 0.15) is 35.4 Å². The van der Waals surface area contributed by atoms with Gasteiger partial charge in [0.15, 0.2) is 0 Å². The first-order valence-electron chi connectivity index (χ1n) is 6.29. The molecule has 0 saturated heterocycles. The van der Waals surface area contributed by atoms with E-state index in [0.29, 0.717) is 12.6 Å². The van der Waals surface area contributed by atoms with Gasteiger partial charge in [0.25, 0.3) is 0 Å². The molecule has 17 heavy (non-hydrogen) atoms. The SMILES string of the molecule is Cc1ccc(CNCC(=O)NC2CCCC2)s1. The molecule has 1 aliphatic carbocycles. The van der Waals surface area contributed by atoms with Gasteiger partial charge in [-0.25, -0.2) is 0 Å². The molecule has 1 amide bonds. The van der Waals surface area contributed by atoms with Gasteiger partial charge in [-0.3, -0.25) is 4.79 Å². The third-order valence-electron chi connectivity index (χ3n) is 3.10. The number of carbonyl (C=O) groups excluding carboxylic acids is 1. The molecule has 0 aliphatic heterocycles. The molecule has 4 heteroatoms. The zero-order valence-electron chi connectivity index (χ0n) is 10.3. The smallest absolute Gasteiger partial charge is 0.234 e. The monoisotopic (exact) mass is 252 g/mol. The van der Waals surface area contributed by atoms with Crippen LogP contribution in [0.5, 0.6) is 0 Å². The number of thiophene rings is 1. The lowest BCUT2D eigenvalue weighted by molar-refractivity contribution is -0.120. The quantitative estimate of drug-likeness (QED) is 0.843. The molecule has 1 aliphatic rings. The van der Waals surface area contributed by atoms with E-state index in [2.05, 4.69) is 29.7 Å². The van der Waals surface area contributed by atoms with Gasteiger partial charge in [-0.15, -0.1) is 11.3 Å². The molecule has 0 radical (unpaired) electrons. The predicted molar refractivity (Wildman–Crippen MR) is 71.2 cm³/mol. The van der Waals surface area contributed by atoms with Crippen molar-refractivity contribution in [3.8, 4) is 0 Å². The second-order valence-corrected chi connectivity index (χ2v) is 6.04. The van der Waals surface area contributed by atoms with Crippen LogP contribution in [0.2, 0.25) is 0 Å². The summed E-state index contributed by atoms with van der Waals surface area (Å²) in [5, 5.41) is 6.26. The predicted octanol–water partition coefficient (Wildman–Crippen LogP) is 2.20. The Morgan fingerprint density at radius 3 is 2.82 bits per heavy atom. The van der Waals surface area contributed by atoms with Crippen LogP contribution in [0.4, 0.5) is 0 Å². The molecule has 3 nitrogen and oxygen atoms in total. The van der Waals surface area contributed by atoms with E-state index in [9.17, 15) is 4.79 Å². The fourth-order valence-electron chi connectivity index (χ4n) is 2.23. The summed E-state index contributed by atoms with van der Waals surface area (Å²) in [6, 6.07) is 4.65. The molecule has 94 valence electrons. The zero-order valence-corrected chi connectivity index (χ0v) is 11.1. The minimum Gasteiger partial charge on any atom is -0.352 e. The lowest BCUT2D eigenvalue weighted by atomic mass is 10.2. The number of amides is 1. The summed E-state index contributed by atoms with van der Waals surface area (Å²) in [7, 11) is 0. The van der Waals surface area contributed by atoms with Crippen molar-refractivity contribution in [2.24, 2.45) is 0 Å².